The van der Waals surface area contributed by atoms with Crippen molar-refractivity contribution >= 4 is 23.2 Å². The lowest BCUT2D eigenvalue weighted by Crippen LogP contribution is -2.36. The van der Waals surface area contributed by atoms with Crippen molar-refractivity contribution in [3.05, 3.63) is 96.1 Å². The second kappa shape index (κ2) is 11.2. The van der Waals surface area contributed by atoms with Gasteiger partial charge < -0.3 is 10.4 Å². The van der Waals surface area contributed by atoms with E-state index in [1.54, 1.807) is 11.8 Å². The van der Waals surface area contributed by atoms with E-state index in [-0.39, 0.29) is 11.3 Å². The van der Waals surface area contributed by atoms with Crippen LogP contribution in [0, 0.1) is 0 Å². The van der Waals surface area contributed by atoms with Crippen molar-refractivity contribution in [2.45, 2.75) is 68.6 Å². The van der Waals surface area contributed by atoms with Crippen molar-refractivity contribution in [2.75, 3.05) is 5.32 Å². The number of para-hydroxylation sites is 1. The average molecular weight is 542 g/mol. The van der Waals surface area contributed by atoms with Crippen molar-refractivity contribution in [1.29, 1.82) is 0 Å². The van der Waals surface area contributed by atoms with E-state index in [1.807, 2.05) is 59.3 Å². The van der Waals surface area contributed by atoms with Gasteiger partial charge in [0.05, 0.1) is 11.4 Å². The maximum Gasteiger partial charge on any atom is 0.182 e. The average Bonchev–Trinajstić information content (AvgIpc) is 3.53. The Kier molecular flexibility index (Phi) is 7.74. The van der Waals surface area contributed by atoms with Crippen molar-refractivity contribution in [3.63, 3.8) is 0 Å². The number of fused-ring (bicyclic) bond motifs is 1. The smallest absolute Gasteiger partial charge is 0.182 e. The lowest BCUT2D eigenvalue weighted by atomic mass is 9.92. The Balaban J connectivity index is 1.31. The van der Waals surface area contributed by atoms with Gasteiger partial charge in [0.15, 0.2) is 12.0 Å². The zero-order valence-corrected chi connectivity index (χ0v) is 23.8. The summed E-state index contributed by atoms with van der Waals surface area (Å²) in [4.78, 5) is 2.21. The van der Waals surface area contributed by atoms with Gasteiger partial charge in [0.1, 0.15) is 11.6 Å². The Morgan fingerprint density at radius 3 is 2.44 bits per heavy atom. The molecule has 5 aromatic rings. The molecule has 1 atom stereocenters. The molecular weight excluding hydrogens is 506 g/mol. The SMILES string of the molecule is CC(C)c1nnc2ccc(Sc3ccccc3CNC(O)Nc3cc(C(C)(C)C)nn3-c3ccccc3)cn12. The number of aliphatic hydroxyl groups is 1. The molecule has 9 heteroatoms. The van der Waals surface area contributed by atoms with Crippen LogP contribution in [0.5, 0.6) is 0 Å². The standard InChI is InChI=1S/C30H35N7OS/c1-20(2)28-34-33-26-16-15-23(19-36(26)28)39-24-14-10-9-11-21(24)18-31-29(38)32-27-17-25(30(3,4)5)35-37(27)22-12-7-6-8-13-22/h6-17,19-20,29,31-32,38H,18H2,1-5H3. The molecule has 0 bridgehead atoms. The monoisotopic (exact) mass is 541 g/mol. The van der Waals surface area contributed by atoms with Crippen molar-refractivity contribution in [3.8, 4) is 5.69 Å². The van der Waals surface area contributed by atoms with Gasteiger partial charge in [0.25, 0.3) is 0 Å². The molecule has 0 radical (unpaired) electrons. The molecule has 202 valence electrons. The van der Waals surface area contributed by atoms with Crippen LogP contribution in [0.3, 0.4) is 0 Å². The van der Waals surface area contributed by atoms with E-state index in [2.05, 4.69) is 84.2 Å². The fourth-order valence-corrected chi connectivity index (χ4v) is 5.20. The van der Waals surface area contributed by atoms with Crippen molar-refractivity contribution in [2.24, 2.45) is 0 Å². The molecule has 0 saturated heterocycles. The van der Waals surface area contributed by atoms with Crippen LogP contribution >= 0.6 is 11.8 Å². The molecule has 5 rings (SSSR count). The van der Waals surface area contributed by atoms with Crippen LogP contribution in [0.25, 0.3) is 11.3 Å². The molecule has 1 unspecified atom stereocenters. The molecule has 0 spiro atoms. The van der Waals surface area contributed by atoms with Gasteiger partial charge in [-0.2, -0.15) is 5.10 Å². The summed E-state index contributed by atoms with van der Waals surface area (Å²) in [6, 6.07) is 24.2. The molecule has 0 aliphatic rings. The number of rotatable bonds is 9. The summed E-state index contributed by atoms with van der Waals surface area (Å²) in [5, 5.41) is 30.8. The lowest BCUT2D eigenvalue weighted by molar-refractivity contribution is 0.162. The molecule has 0 fully saturated rings. The molecule has 3 heterocycles. The Hall–Kier alpha value is -3.66. The van der Waals surface area contributed by atoms with E-state index in [1.165, 1.54) is 0 Å². The van der Waals surface area contributed by atoms with Gasteiger partial charge in [-0.25, -0.2) is 4.68 Å². The highest BCUT2D eigenvalue weighted by molar-refractivity contribution is 7.99. The Morgan fingerprint density at radius 2 is 1.69 bits per heavy atom. The van der Waals surface area contributed by atoms with Crippen LogP contribution in [0.2, 0.25) is 0 Å². The Labute approximate surface area is 233 Å². The first-order chi connectivity index (χ1) is 18.7. The van der Waals surface area contributed by atoms with Crippen LogP contribution in [-0.4, -0.2) is 35.8 Å². The first-order valence-corrected chi connectivity index (χ1v) is 13.9. The third-order valence-corrected chi connectivity index (χ3v) is 7.46. The van der Waals surface area contributed by atoms with Gasteiger partial charge in [0.2, 0.25) is 0 Å². The number of nitrogens with zero attached hydrogens (tertiary/aromatic N) is 5. The van der Waals surface area contributed by atoms with Crippen LogP contribution in [0.4, 0.5) is 5.82 Å². The van der Waals surface area contributed by atoms with Gasteiger partial charge in [-0.3, -0.25) is 9.72 Å². The maximum atomic E-state index is 10.9. The van der Waals surface area contributed by atoms with Crippen LogP contribution in [0.1, 0.15) is 57.6 Å². The van der Waals surface area contributed by atoms with Crippen LogP contribution < -0.4 is 10.6 Å². The quantitative estimate of drug-likeness (QED) is 0.198. The fourth-order valence-electron chi connectivity index (χ4n) is 4.23. The van der Waals surface area contributed by atoms with E-state index < -0.39 is 6.35 Å². The summed E-state index contributed by atoms with van der Waals surface area (Å²) in [5.41, 5.74) is 3.67. The van der Waals surface area contributed by atoms with Gasteiger partial charge in [0, 0.05) is 39.9 Å². The van der Waals surface area contributed by atoms with Gasteiger partial charge in [-0.15, -0.1) is 10.2 Å². The molecule has 3 aromatic heterocycles. The fraction of sp³-hybridized carbons (Fsp3) is 0.300. The minimum absolute atomic E-state index is 0.128. The summed E-state index contributed by atoms with van der Waals surface area (Å²) >= 11 is 1.68. The molecule has 8 nitrogen and oxygen atoms in total. The molecule has 0 saturated carbocycles. The molecule has 39 heavy (non-hydrogen) atoms. The maximum absolute atomic E-state index is 10.9. The first-order valence-electron chi connectivity index (χ1n) is 13.1. The summed E-state index contributed by atoms with van der Waals surface area (Å²) in [6.07, 6.45) is 1.12. The summed E-state index contributed by atoms with van der Waals surface area (Å²) in [6.45, 7) is 11.1. The minimum atomic E-state index is -0.975. The van der Waals surface area contributed by atoms with Gasteiger partial charge in [-0.1, -0.05) is 82.8 Å². The number of benzene rings is 2. The third-order valence-electron chi connectivity index (χ3n) is 6.37. The molecule has 2 aromatic carbocycles. The van der Waals surface area contributed by atoms with E-state index in [4.69, 9.17) is 5.10 Å². The zero-order chi connectivity index (χ0) is 27.6. The van der Waals surface area contributed by atoms with E-state index >= 15 is 0 Å². The van der Waals surface area contributed by atoms with E-state index in [0.29, 0.717) is 6.54 Å². The predicted molar refractivity (Wildman–Crippen MR) is 156 cm³/mol. The molecule has 3 N–H and O–H groups in total. The van der Waals surface area contributed by atoms with Crippen molar-refractivity contribution < 1.29 is 5.11 Å². The topological polar surface area (TPSA) is 92.3 Å². The number of anilines is 1. The van der Waals surface area contributed by atoms with Crippen molar-refractivity contribution in [1.82, 2.24) is 29.7 Å². The highest BCUT2D eigenvalue weighted by Crippen LogP contribution is 2.31. The number of aliphatic hydroxyl groups excluding tert-OH is 1. The molecule has 0 aliphatic carbocycles. The Bertz CT molecular complexity index is 1550. The number of nitrogens with one attached hydrogen (secondary N) is 2. The highest BCUT2D eigenvalue weighted by atomic mass is 32.2. The number of aromatic nitrogens is 5. The largest absolute Gasteiger partial charge is 0.361 e. The van der Waals surface area contributed by atoms with Crippen LogP contribution in [0.15, 0.2) is 88.8 Å². The van der Waals surface area contributed by atoms with Gasteiger partial charge in [-0.05, 0) is 35.9 Å². The Morgan fingerprint density at radius 1 is 0.949 bits per heavy atom. The lowest BCUT2D eigenvalue weighted by Gasteiger charge is -2.18. The predicted octanol–water partition coefficient (Wildman–Crippen LogP) is 5.96. The normalized spacial score (nSPS) is 12.8. The summed E-state index contributed by atoms with van der Waals surface area (Å²) in [5.74, 6) is 1.95. The highest BCUT2D eigenvalue weighted by Gasteiger charge is 2.21. The number of hydrogen-bond donors (Lipinski definition) is 3. The number of pyridine rings is 1. The summed E-state index contributed by atoms with van der Waals surface area (Å²) < 4.78 is 3.89. The number of hydrogen-bond acceptors (Lipinski definition) is 7. The third kappa shape index (κ3) is 6.16. The minimum Gasteiger partial charge on any atom is -0.361 e. The van der Waals surface area contributed by atoms with E-state index in [9.17, 15) is 5.11 Å². The molecule has 0 amide bonds. The van der Waals surface area contributed by atoms with Gasteiger partial charge >= 0.3 is 0 Å². The second-order valence-corrected chi connectivity index (χ2v) is 12.0. The second-order valence-electron chi connectivity index (χ2n) is 10.9. The first kappa shape index (κ1) is 26.9. The van der Waals surface area contributed by atoms with Crippen LogP contribution in [-0.2, 0) is 12.0 Å². The van der Waals surface area contributed by atoms with E-state index in [0.717, 1.165) is 44.0 Å². The summed E-state index contributed by atoms with van der Waals surface area (Å²) in [7, 11) is 0. The zero-order valence-electron chi connectivity index (χ0n) is 23.0. The molecular formula is C30H35N7OS. The molecule has 0 aliphatic heterocycles.